The third kappa shape index (κ3) is 5.77. The summed E-state index contributed by atoms with van der Waals surface area (Å²) in [6.45, 7) is 0.465. The summed E-state index contributed by atoms with van der Waals surface area (Å²) in [5.41, 5.74) is 0. The first kappa shape index (κ1) is 16.7. The quantitative estimate of drug-likeness (QED) is 0.719. The molecule has 1 unspecified atom stereocenters. The van der Waals surface area contributed by atoms with Gasteiger partial charge in [0.15, 0.2) is 0 Å². The Morgan fingerprint density at radius 2 is 2.05 bits per heavy atom. The Morgan fingerprint density at radius 3 is 2.65 bits per heavy atom. The van der Waals surface area contributed by atoms with Crippen LogP contribution in [-0.2, 0) is 19.1 Å². The second kappa shape index (κ2) is 7.47. The summed E-state index contributed by atoms with van der Waals surface area (Å²) >= 11 is 0. The fourth-order valence-electron chi connectivity index (χ4n) is 2.00. The van der Waals surface area contributed by atoms with E-state index in [4.69, 9.17) is 4.74 Å². The first-order valence-corrected chi connectivity index (χ1v) is 6.42. The van der Waals surface area contributed by atoms with Gasteiger partial charge in [-0.15, -0.1) is 0 Å². The maximum absolute atomic E-state index is 11.9. The van der Waals surface area contributed by atoms with Gasteiger partial charge in [-0.05, 0) is 19.8 Å². The van der Waals surface area contributed by atoms with Crippen LogP contribution in [0.3, 0.4) is 0 Å². The summed E-state index contributed by atoms with van der Waals surface area (Å²) in [5, 5.41) is 0. The first-order valence-electron chi connectivity index (χ1n) is 6.42. The number of ether oxygens (including phenoxy) is 2. The lowest BCUT2D eigenvalue weighted by Crippen LogP contribution is -2.44. The average molecular weight is 297 g/mol. The average Bonchev–Trinajstić information content (AvgIpc) is 2.37. The molecular weight excluding hydrogens is 279 g/mol. The Balaban J connectivity index is 2.38. The molecule has 0 spiro atoms. The second-order valence-electron chi connectivity index (χ2n) is 4.54. The molecule has 1 heterocycles. The van der Waals surface area contributed by atoms with Crippen LogP contribution in [0.4, 0.5) is 13.2 Å². The molecule has 0 saturated carbocycles. The van der Waals surface area contributed by atoms with Crippen molar-refractivity contribution in [1.29, 1.82) is 0 Å². The number of amides is 1. The molecule has 0 N–H and O–H groups in total. The SMILES string of the molecule is CCOC(=O)C1CCCN(C(=O)COCC(F)(F)F)C1. The van der Waals surface area contributed by atoms with Gasteiger partial charge in [0.1, 0.15) is 13.2 Å². The zero-order valence-electron chi connectivity index (χ0n) is 11.2. The molecule has 0 radical (unpaired) electrons. The van der Waals surface area contributed by atoms with Crippen LogP contribution in [0.2, 0.25) is 0 Å². The maximum atomic E-state index is 11.9. The number of piperidine rings is 1. The van der Waals surface area contributed by atoms with Crippen LogP contribution in [-0.4, -0.2) is 55.9 Å². The molecule has 0 aromatic rings. The van der Waals surface area contributed by atoms with E-state index in [1.54, 1.807) is 6.92 Å². The van der Waals surface area contributed by atoms with E-state index in [0.29, 0.717) is 19.4 Å². The Bertz CT molecular complexity index is 346. The Hall–Kier alpha value is -1.31. The third-order valence-electron chi connectivity index (χ3n) is 2.89. The molecule has 1 aliphatic rings. The van der Waals surface area contributed by atoms with E-state index in [0.717, 1.165) is 0 Å². The number of halogens is 3. The molecule has 1 aliphatic heterocycles. The second-order valence-corrected chi connectivity index (χ2v) is 4.54. The summed E-state index contributed by atoms with van der Waals surface area (Å²) in [7, 11) is 0. The van der Waals surface area contributed by atoms with Crippen molar-refractivity contribution in [2.75, 3.05) is 32.9 Å². The van der Waals surface area contributed by atoms with Crippen LogP contribution >= 0.6 is 0 Å². The number of carbonyl (C=O) groups excluding carboxylic acids is 2. The standard InChI is InChI=1S/C12H18F3NO4/c1-2-20-11(18)9-4-3-5-16(6-9)10(17)7-19-8-12(13,14)15/h9H,2-8H2,1H3. The Morgan fingerprint density at radius 1 is 1.35 bits per heavy atom. The zero-order chi connectivity index (χ0) is 15.2. The van der Waals surface area contributed by atoms with Gasteiger partial charge in [-0.25, -0.2) is 0 Å². The van der Waals surface area contributed by atoms with Gasteiger partial charge in [-0.1, -0.05) is 0 Å². The summed E-state index contributed by atoms with van der Waals surface area (Å²) in [4.78, 5) is 24.6. The van der Waals surface area contributed by atoms with Crippen molar-refractivity contribution in [3.8, 4) is 0 Å². The van der Waals surface area contributed by atoms with Crippen molar-refractivity contribution < 1.29 is 32.2 Å². The zero-order valence-corrected chi connectivity index (χ0v) is 11.2. The molecule has 1 rings (SSSR count). The Kier molecular flexibility index (Phi) is 6.25. The fraction of sp³-hybridized carbons (Fsp3) is 0.833. The highest BCUT2D eigenvalue weighted by Gasteiger charge is 2.31. The minimum atomic E-state index is -4.45. The largest absolute Gasteiger partial charge is 0.466 e. The molecule has 0 aliphatic carbocycles. The van der Waals surface area contributed by atoms with Crippen molar-refractivity contribution in [1.82, 2.24) is 4.90 Å². The van der Waals surface area contributed by atoms with Crippen molar-refractivity contribution in [2.24, 2.45) is 5.92 Å². The van der Waals surface area contributed by atoms with Gasteiger partial charge >= 0.3 is 12.1 Å². The number of nitrogens with zero attached hydrogens (tertiary/aromatic N) is 1. The molecule has 0 aromatic carbocycles. The lowest BCUT2D eigenvalue weighted by atomic mass is 9.98. The van der Waals surface area contributed by atoms with Gasteiger partial charge in [0.05, 0.1) is 12.5 Å². The number of alkyl halides is 3. The lowest BCUT2D eigenvalue weighted by molar-refractivity contribution is -0.178. The molecule has 20 heavy (non-hydrogen) atoms. The van der Waals surface area contributed by atoms with Crippen molar-refractivity contribution in [3.05, 3.63) is 0 Å². The lowest BCUT2D eigenvalue weighted by Gasteiger charge is -2.31. The van der Waals surface area contributed by atoms with Gasteiger partial charge in [0.2, 0.25) is 5.91 Å². The summed E-state index contributed by atoms with van der Waals surface area (Å²) in [5.74, 6) is -1.32. The maximum Gasteiger partial charge on any atom is 0.411 e. The van der Waals surface area contributed by atoms with Crippen LogP contribution < -0.4 is 0 Å². The van der Waals surface area contributed by atoms with E-state index in [9.17, 15) is 22.8 Å². The van der Waals surface area contributed by atoms with Gasteiger partial charge < -0.3 is 14.4 Å². The number of hydrogen-bond acceptors (Lipinski definition) is 4. The molecule has 1 fully saturated rings. The first-order chi connectivity index (χ1) is 9.33. The molecule has 1 atom stereocenters. The number of rotatable bonds is 5. The molecular formula is C12H18F3NO4. The predicted molar refractivity (Wildman–Crippen MR) is 62.8 cm³/mol. The van der Waals surface area contributed by atoms with Gasteiger partial charge in [-0.2, -0.15) is 13.2 Å². The fourth-order valence-corrected chi connectivity index (χ4v) is 2.00. The van der Waals surface area contributed by atoms with Gasteiger partial charge in [-0.3, -0.25) is 9.59 Å². The highest BCUT2D eigenvalue weighted by molar-refractivity contribution is 5.79. The minimum absolute atomic E-state index is 0.174. The predicted octanol–water partition coefficient (Wildman–Crippen LogP) is 1.37. The van der Waals surface area contributed by atoms with E-state index in [1.807, 2.05) is 0 Å². The van der Waals surface area contributed by atoms with E-state index in [2.05, 4.69) is 4.74 Å². The highest BCUT2D eigenvalue weighted by Crippen LogP contribution is 2.18. The van der Waals surface area contributed by atoms with E-state index >= 15 is 0 Å². The molecule has 1 saturated heterocycles. The number of esters is 1. The summed E-state index contributed by atoms with van der Waals surface area (Å²) in [6, 6.07) is 0. The molecule has 5 nitrogen and oxygen atoms in total. The van der Waals surface area contributed by atoms with Crippen LogP contribution in [0.15, 0.2) is 0 Å². The molecule has 0 bridgehead atoms. The van der Waals surface area contributed by atoms with Crippen molar-refractivity contribution >= 4 is 11.9 Å². The molecule has 116 valence electrons. The number of likely N-dealkylation sites (tertiary alicyclic amines) is 1. The van der Waals surface area contributed by atoms with Crippen LogP contribution in [0, 0.1) is 5.92 Å². The van der Waals surface area contributed by atoms with Gasteiger partial charge in [0, 0.05) is 13.1 Å². The summed E-state index contributed by atoms with van der Waals surface area (Å²) in [6.07, 6.45) is -3.21. The smallest absolute Gasteiger partial charge is 0.411 e. The number of carbonyl (C=O) groups is 2. The Labute approximate surface area is 115 Å². The summed E-state index contributed by atoms with van der Waals surface area (Å²) < 4.78 is 44.9. The van der Waals surface area contributed by atoms with Crippen molar-refractivity contribution in [2.45, 2.75) is 25.9 Å². The number of hydrogen-bond donors (Lipinski definition) is 0. The van der Waals surface area contributed by atoms with Crippen molar-refractivity contribution in [3.63, 3.8) is 0 Å². The highest BCUT2D eigenvalue weighted by atomic mass is 19.4. The topological polar surface area (TPSA) is 55.8 Å². The van der Waals surface area contributed by atoms with Crippen LogP contribution in [0.5, 0.6) is 0 Å². The van der Waals surface area contributed by atoms with Crippen LogP contribution in [0.1, 0.15) is 19.8 Å². The molecule has 1 amide bonds. The molecule has 0 aromatic heterocycles. The van der Waals surface area contributed by atoms with E-state index < -0.39 is 31.2 Å². The monoisotopic (exact) mass is 297 g/mol. The van der Waals surface area contributed by atoms with Crippen LogP contribution in [0.25, 0.3) is 0 Å². The third-order valence-corrected chi connectivity index (χ3v) is 2.89. The van der Waals surface area contributed by atoms with Gasteiger partial charge in [0.25, 0.3) is 0 Å². The molecule has 8 heteroatoms. The minimum Gasteiger partial charge on any atom is -0.466 e. The van der Waals surface area contributed by atoms with E-state index in [1.165, 1.54) is 4.90 Å². The normalized spacial score (nSPS) is 19.8. The van der Waals surface area contributed by atoms with E-state index in [-0.39, 0.29) is 19.1 Å².